The van der Waals surface area contributed by atoms with Gasteiger partial charge in [-0.2, -0.15) is 5.26 Å². The van der Waals surface area contributed by atoms with E-state index in [9.17, 15) is 5.26 Å². The molecule has 2 aromatic rings. The third-order valence-electron chi connectivity index (χ3n) is 4.72. The number of para-hydroxylation sites is 1. The Morgan fingerprint density at radius 2 is 2.18 bits per heavy atom. The fraction of sp³-hybridized carbons (Fsp3) is 0.474. The quantitative estimate of drug-likeness (QED) is 0.864. The molecule has 0 N–H and O–H groups in total. The Morgan fingerprint density at radius 3 is 2.86 bits per heavy atom. The second kappa shape index (κ2) is 6.06. The zero-order chi connectivity index (χ0) is 15.7. The highest BCUT2D eigenvalue weighted by Crippen LogP contribution is 2.32. The lowest BCUT2D eigenvalue weighted by Gasteiger charge is -2.29. The Balaban J connectivity index is 2.28. The Morgan fingerprint density at radius 1 is 1.36 bits per heavy atom. The topological polar surface area (TPSA) is 39.9 Å². The first kappa shape index (κ1) is 15.0. The normalized spacial score (nSPS) is 15.0. The van der Waals surface area contributed by atoms with Crippen LogP contribution in [0.4, 0.5) is 0 Å². The van der Waals surface area contributed by atoms with Gasteiger partial charge in [-0.25, -0.2) is 0 Å². The third-order valence-corrected chi connectivity index (χ3v) is 4.72. The van der Waals surface area contributed by atoms with Crippen LogP contribution in [0.2, 0.25) is 0 Å². The first-order valence-corrected chi connectivity index (χ1v) is 8.18. The Bertz CT molecular complexity index is 740. The molecule has 1 aliphatic heterocycles. The van der Waals surface area contributed by atoms with E-state index >= 15 is 0 Å². The lowest BCUT2D eigenvalue weighted by atomic mass is 9.91. The van der Waals surface area contributed by atoms with Crippen molar-refractivity contribution in [3.05, 3.63) is 40.6 Å². The minimum atomic E-state index is 0.444. The van der Waals surface area contributed by atoms with E-state index in [0.29, 0.717) is 12.3 Å². The van der Waals surface area contributed by atoms with Crippen LogP contribution in [0.15, 0.2) is 18.2 Å². The summed E-state index contributed by atoms with van der Waals surface area (Å²) < 4.78 is 0. The molecule has 1 aromatic heterocycles. The SMILES string of the molecule is CCN1CCc2nc3c(C(C)C)cccc3c(CC#N)c2C1. The van der Waals surface area contributed by atoms with Crippen molar-refractivity contribution in [1.82, 2.24) is 9.88 Å². The van der Waals surface area contributed by atoms with Crippen LogP contribution in [-0.4, -0.2) is 23.0 Å². The van der Waals surface area contributed by atoms with Gasteiger partial charge in [0, 0.05) is 30.6 Å². The molecule has 1 aliphatic rings. The van der Waals surface area contributed by atoms with Gasteiger partial charge in [-0.15, -0.1) is 0 Å². The molecule has 114 valence electrons. The maximum absolute atomic E-state index is 9.30. The molecule has 0 aliphatic carbocycles. The molecule has 3 nitrogen and oxygen atoms in total. The van der Waals surface area contributed by atoms with E-state index in [2.05, 4.69) is 49.9 Å². The number of benzene rings is 1. The second-order valence-corrected chi connectivity index (χ2v) is 6.37. The summed E-state index contributed by atoms with van der Waals surface area (Å²) in [6, 6.07) is 8.77. The summed E-state index contributed by atoms with van der Waals surface area (Å²) >= 11 is 0. The minimum absolute atomic E-state index is 0.444. The Labute approximate surface area is 132 Å². The molecule has 0 radical (unpaired) electrons. The maximum atomic E-state index is 9.30. The molecule has 3 heteroatoms. The zero-order valence-corrected chi connectivity index (χ0v) is 13.7. The molecular formula is C19H23N3. The van der Waals surface area contributed by atoms with E-state index in [0.717, 1.165) is 31.6 Å². The van der Waals surface area contributed by atoms with Crippen LogP contribution in [-0.2, 0) is 19.4 Å². The second-order valence-electron chi connectivity index (χ2n) is 6.37. The van der Waals surface area contributed by atoms with Gasteiger partial charge in [0.05, 0.1) is 18.0 Å². The fourth-order valence-corrected chi connectivity index (χ4v) is 3.45. The Kier molecular flexibility index (Phi) is 4.13. The highest BCUT2D eigenvalue weighted by atomic mass is 15.1. The summed E-state index contributed by atoms with van der Waals surface area (Å²) in [5.74, 6) is 0.444. The molecule has 22 heavy (non-hydrogen) atoms. The smallest absolute Gasteiger partial charge is 0.0743 e. The summed E-state index contributed by atoms with van der Waals surface area (Å²) in [6.45, 7) is 9.66. The molecular weight excluding hydrogens is 270 g/mol. The summed E-state index contributed by atoms with van der Waals surface area (Å²) in [5.41, 5.74) is 6.09. The zero-order valence-electron chi connectivity index (χ0n) is 13.7. The lowest BCUT2D eigenvalue weighted by Crippen LogP contribution is -2.31. The number of aromatic nitrogens is 1. The molecule has 0 spiro atoms. The largest absolute Gasteiger partial charge is 0.299 e. The van der Waals surface area contributed by atoms with E-state index in [4.69, 9.17) is 4.98 Å². The van der Waals surface area contributed by atoms with Crippen molar-refractivity contribution in [2.75, 3.05) is 13.1 Å². The highest BCUT2D eigenvalue weighted by molar-refractivity contribution is 5.87. The Hall–Kier alpha value is -1.92. The molecule has 1 aromatic carbocycles. The number of fused-ring (bicyclic) bond motifs is 2. The van der Waals surface area contributed by atoms with Crippen LogP contribution < -0.4 is 0 Å². The van der Waals surface area contributed by atoms with Gasteiger partial charge < -0.3 is 0 Å². The lowest BCUT2D eigenvalue weighted by molar-refractivity contribution is 0.265. The molecule has 0 bridgehead atoms. The summed E-state index contributed by atoms with van der Waals surface area (Å²) in [5, 5.41) is 10.5. The standard InChI is InChI=1S/C19H23N3/c1-4-22-11-9-18-17(12-22)15(8-10-20)16-7-5-6-14(13(2)3)19(16)21-18/h5-7,13H,4,8-9,11-12H2,1-3H3. The van der Waals surface area contributed by atoms with E-state index in [-0.39, 0.29) is 0 Å². The third kappa shape index (κ3) is 2.48. The first-order valence-electron chi connectivity index (χ1n) is 8.18. The molecule has 0 fully saturated rings. The highest BCUT2D eigenvalue weighted by Gasteiger charge is 2.22. The number of pyridine rings is 1. The van der Waals surface area contributed by atoms with Crippen LogP contribution in [0.25, 0.3) is 10.9 Å². The van der Waals surface area contributed by atoms with Gasteiger partial charge in [0.2, 0.25) is 0 Å². The van der Waals surface area contributed by atoms with Gasteiger partial charge in [-0.1, -0.05) is 39.0 Å². The number of hydrogen-bond acceptors (Lipinski definition) is 3. The van der Waals surface area contributed by atoms with Crippen molar-refractivity contribution in [1.29, 1.82) is 5.26 Å². The molecule has 3 rings (SSSR count). The van der Waals surface area contributed by atoms with E-state index in [1.165, 1.54) is 27.8 Å². The summed E-state index contributed by atoms with van der Waals surface area (Å²) in [4.78, 5) is 7.45. The number of rotatable bonds is 3. The van der Waals surface area contributed by atoms with Gasteiger partial charge in [-0.3, -0.25) is 9.88 Å². The van der Waals surface area contributed by atoms with Crippen molar-refractivity contribution in [3.8, 4) is 6.07 Å². The fourth-order valence-electron chi connectivity index (χ4n) is 3.45. The summed E-state index contributed by atoms with van der Waals surface area (Å²) in [6.07, 6.45) is 1.46. The van der Waals surface area contributed by atoms with Gasteiger partial charge >= 0.3 is 0 Å². The van der Waals surface area contributed by atoms with E-state index < -0.39 is 0 Å². The molecule has 0 saturated carbocycles. The number of nitriles is 1. The maximum Gasteiger partial charge on any atom is 0.0743 e. The molecule has 0 amide bonds. The van der Waals surface area contributed by atoms with Crippen molar-refractivity contribution in [3.63, 3.8) is 0 Å². The van der Waals surface area contributed by atoms with Crippen LogP contribution in [0, 0.1) is 11.3 Å². The monoisotopic (exact) mass is 293 g/mol. The number of likely N-dealkylation sites (N-methyl/N-ethyl adjacent to an activating group) is 1. The number of nitrogens with zero attached hydrogens (tertiary/aromatic N) is 3. The van der Waals surface area contributed by atoms with Crippen molar-refractivity contribution < 1.29 is 0 Å². The van der Waals surface area contributed by atoms with Crippen LogP contribution in [0.3, 0.4) is 0 Å². The van der Waals surface area contributed by atoms with Crippen LogP contribution in [0.1, 0.15) is 49.1 Å². The molecule has 0 saturated heterocycles. The molecule has 0 unspecified atom stereocenters. The predicted octanol–water partition coefficient (Wildman–Crippen LogP) is 3.80. The van der Waals surface area contributed by atoms with Crippen LogP contribution in [0.5, 0.6) is 0 Å². The van der Waals surface area contributed by atoms with Gasteiger partial charge in [0.25, 0.3) is 0 Å². The summed E-state index contributed by atoms with van der Waals surface area (Å²) in [7, 11) is 0. The molecule has 2 heterocycles. The van der Waals surface area contributed by atoms with Gasteiger partial charge in [0.1, 0.15) is 0 Å². The molecule has 0 atom stereocenters. The first-order chi connectivity index (χ1) is 10.7. The van der Waals surface area contributed by atoms with Crippen molar-refractivity contribution >= 4 is 10.9 Å². The van der Waals surface area contributed by atoms with Gasteiger partial charge in [-0.05, 0) is 29.2 Å². The van der Waals surface area contributed by atoms with E-state index in [1.54, 1.807) is 0 Å². The predicted molar refractivity (Wildman–Crippen MR) is 89.8 cm³/mol. The van der Waals surface area contributed by atoms with Crippen molar-refractivity contribution in [2.24, 2.45) is 0 Å². The average molecular weight is 293 g/mol. The minimum Gasteiger partial charge on any atom is -0.299 e. The van der Waals surface area contributed by atoms with Crippen LogP contribution >= 0.6 is 0 Å². The number of hydrogen-bond donors (Lipinski definition) is 0. The van der Waals surface area contributed by atoms with E-state index in [1.807, 2.05) is 0 Å². The van der Waals surface area contributed by atoms with Gasteiger partial charge in [0.15, 0.2) is 0 Å². The average Bonchev–Trinajstić information content (AvgIpc) is 2.53. The van der Waals surface area contributed by atoms with Crippen molar-refractivity contribution in [2.45, 2.75) is 46.1 Å².